The molecule has 2 aliphatic rings. The molecule has 4 aromatic rings. The summed E-state index contributed by atoms with van der Waals surface area (Å²) >= 11 is 1.22. The molecule has 0 spiro atoms. The number of likely N-dealkylation sites (tertiary alicyclic amines) is 1. The first-order valence-electron chi connectivity index (χ1n) is 13.7. The second-order valence-electron chi connectivity index (χ2n) is 11.1. The number of nitrogens with two attached hydrogens (primary N) is 3. The van der Waals surface area contributed by atoms with E-state index in [0.717, 1.165) is 38.1 Å². The van der Waals surface area contributed by atoms with Gasteiger partial charge in [-0.25, -0.2) is 8.78 Å². The van der Waals surface area contributed by atoms with E-state index in [0.29, 0.717) is 42.9 Å². The van der Waals surface area contributed by atoms with Crippen LogP contribution < -0.4 is 27.3 Å². The number of nitrogens with zero attached hydrogens (tertiary/aromatic N) is 1. The number of anilines is 1. The normalized spacial score (nSPS) is 22.4. The highest BCUT2D eigenvalue weighted by Gasteiger charge is 2.49. The van der Waals surface area contributed by atoms with Crippen molar-refractivity contribution in [2.24, 2.45) is 11.5 Å². The fraction of sp³-hybridized carbons (Fsp3) is 0.290. The number of aryl methyl sites for hydroxylation is 1. The number of piperidine rings is 1. The van der Waals surface area contributed by atoms with Crippen molar-refractivity contribution in [1.82, 2.24) is 10.2 Å². The van der Waals surface area contributed by atoms with Gasteiger partial charge in [-0.3, -0.25) is 9.59 Å². The summed E-state index contributed by atoms with van der Waals surface area (Å²) in [6.07, 6.45) is 1.85. The molecule has 1 aliphatic heterocycles. The van der Waals surface area contributed by atoms with Crippen molar-refractivity contribution >= 4 is 38.8 Å². The molecule has 1 aromatic heterocycles. The first kappa shape index (κ1) is 28.2. The van der Waals surface area contributed by atoms with E-state index < -0.39 is 29.0 Å². The SMILES string of the molecule is Cc1cc(Oc2ccc(F)cc2F)ccc1C1(N)C(=O)C(N)c2c(C(=O)NC3CCCN(C)C3)sc3c(N)ccc1c23. The maximum absolute atomic E-state index is 14.2. The second kappa shape index (κ2) is 10.4. The zero-order valence-corrected chi connectivity index (χ0v) is 24.0. The van der Waals surface area contributed by atoms with Gasteiger partial charge in [-0.2, -0.15) is 0 Å². The molecule has 1 aliphatic carbocycles. The van der Waals surface area contributed by atoms with Crippen LogP contribution >= 0.6 is 11.3 Å². The third kappa shape index (κ3) is 4.53. The number of carbonyl (C=O) groups is 2. The minimum absolute atomic E-state index is 0.0126. The number of likely N-dealkylation sites (N-methyl/N-ethyl adjacent to an activating group) is 1. The van der Waals surface area contributed by atoms with Crippen LogP contribution in [0.15, 0.2) is 48.5 Å². The molecule has 42 heavy (non-hydrogen) atoms. The summed E-state index contributed by atoms with van der Waals surface area (Å²) in [7, 11) is 2.02. The van der Waals surface area contributed by atoms with Gasteiger partial charge in [0.15, 0.2) is 17.3 Å². The second-order valence-corrected chi connectivity index (χ2v) is 12.2. The van der Waals surface area contributed by atoms with Gasteiger partial charge in [0, 0.05) is 35.3 Å². The van der Waals surface area contributed by atoms with Crippen molar-refractivity contribution in [3.8, 4) is 11.5 Å². The van der Waals surface area contributed by atoms with E-state index in [4.69, 9.17) is 21.9 Å². The highest BCUT2D eigenvalue weighted by Crippen LogP contribution is 2.50. The maximum atomic E-state index is 14.2. The Kier molecular flexibility index (Phi) is 7.01. The van der Waals surface area contributed by atoms with E-state index >= 15 is 0 Å². The number of carbonyl (C=O) groups excluding carboxylic acids is 2. The fourth-order valence-electron chi connectivity index (χ4n) is 6.19. The first-order valence-corrected chi connectivity index (χ1v) is 14.5. The Morgan fingerprint density at radius 3 is 2.62 bits per heavy atom. The zero-order chi connectivity index (χ0) is 29.9. The molecule has 11 heteroatoms. The van der Waals surface area contributed by atoms with Crippen molar-refractivity contribution in [1.29, 1.82) is 0 Å². The largest absolute Gasteiger partial charge is 0.454 e. The number of amides is 1. The average molecular weight is 592 g/mol. The lowest BCUT2D eigenvalue weighted by Gasteiger charge is -2.37. The summed E-state index contributed by atoms with van der Waals surface area (Å²) < 4.78 is 33.8. The van der Waals surface area contributed by atoms with Gasteiger partial charge in [0.05, 0.1) is 15.6 Å². The van der Waals surface area contributed by atoms with Gasteiger partial charge in [0.25, 0.3) is 5.91 Å². The molecule has 6 rings (SSSR count). The van der Waals surface area contributed by atoms with E-state index in [1.165, 1.54) is 17.4 Å². The van der Waals surface area contributed by atoms with Gasteiger partial charge in [-0.15, -0.1) is 11.3 Å². The predicted octanol–water partition coefficient (Wildman–Crippen LogP) is 4.47. The summed E-state index contributed by atoms with van der Waals surface area (Å²) in [5.41, 5.74) is 20.8. The zero-order valence-electron chi connectivity index (χ0n) is 23.2. The van der Waals surface area contributed by atoms with E-state index in [9.17, 15) is 18.4 Å². The third-order valence-electron chi connectivity index (χ3n) is 8.22. The number of Topliss-reactive ketones (excluding diaryl/α,β-unsaturated/α-hetero) is 1. The quantitative estimate of drug-likeness (QED) is 0.251. The molecule has 3 atom stereocenters. The molecule has 0 radical (unpaired) electrons. The molecule has 218 valence electrons. The molecule has 1 fully saturated rings. The van der Waals surface area contributed by atoms with Gasteiger partial charge in [0.1, 0.15) is 17.1 Å². The number of hydrogen-bond donors (Lipinski definition) is 4. The van der Waals surface area contributed by atoms with Gasteiger partial charge in [-0.05, 0) is 80.4 Å². The van der Waals surface area contributed by atoms with Crippen molar-refractivity contribution < 1.29 is 23.1 Å². The molecular formula is C31H31F2N5O3S. The fourth-order valence-corrected chi connectivity index (χ4v) is 7.39. The summed E-state index contributed by atoms with van der Waals surface area (Å²) in [6, 6.07) is 10.1. The molecule has 0 saturated carbocycles. The van der Waals surface area contributed by atoms with Crippen LogP contribution in [0.2, 0.25) is 0 Å². The van der Waals surface area contributed by atoms with Crippen molar-refractivity contribution in [2.45, 2.75) is 37.4 Å². The lowest BCUT2D eigenvalue weighted by Crippen LogP contribution is -2.53. The van der Waals surface area contributed by atoms with E-state index in [1.54, 1.807) is 37.3 Å². The minimum atomic E-state index is -1.65. The van der Waals surface area contributed by atoms with Crippen LogP contribution in [0.4, 0.5) is 14.5 Å². The number of benzene rings is 3. The van der Waals surface area contributed by atoms with Crippen LogP contribution in [-0.2, 0) is 10.3 Å². The van der Waals surface area contributed by atoms with Gasteiger partial charge >= 0.3 is 0 Å². The van der Waals surface area contributed by atoms with Crippen LogP contribution in [0.5, 0.6) is 11.5 Å². The number of nitrogen functional groups attached to an aromatic ring is 1. The van der Waals surface area contributed by atoms with Crippen LogP contribution in [0.1, 0.15) is 50.8 Å². The number of nitrogens with one attached hydrogen (secondary N) is 1. The van der Waals surface area contributed by atoms with Crippen molar-refractivity contribution in [3.63, 3.8) is 0 Å². The Morgan fingerprint density at radius 2 is 1.90 bits per heavy atom. The number of ketones is 1. The van der Waals surface area contributed by atoms with Crippen LogP contribution in [0.3, 0.4) is 0 Å². The average Bonchev–Trinajstić information content (AvgIpc) is 3.35. The number of thiophene rings is 1. The minimum Gasteiger partial charge on any atom is -0.454 e. The Balaban J connectivity index is 1.42. The molecule has 0 bridgehead atoms. The third-order valence-corrected chi connectivity index (χ3v) is 9.48. The van der Waals surface area contributed by atoms with Crippen LogP contribution in [-0.4, -0.2) is 42.8 Å². The lowest BCUT2D eigenvalue weighted by atomic mass is 9.69. The van der Waals surface area contributed by atoms with Gasteiger partial charge in [0.2, 0.25) is 0 Å². The highest BCUT2D eigenvalue weighted by atomic mass is 32.1. The molecule has 7 N–H and O–H groups in total. The van der Waals surface area contributed by atoms with E-state index in [2.05, 4.69) is 10.2 Å². The summed E-state index contributed by atoms with van der Waals surface area (Å²) in [6.45, 7) is 3.48. The number of hydrogen-bond acceptors (Lipinski definition) is 8. The molecule has 3 unspecified atom stereocenters. The Labute approximate surface area is 245 Å². The van der Waals surface area contributed by atoms with E-state index in [1.807, 2.05) is 7.05 Å². The Morgan fingerprint density at radius 1 is 1.14 bits per heavy atom. The molecule has 1 saturated heterocycles. The molecular weight excluding hydrogens is 560 g/mol. The van der Waals surface area contributed by atoms with Crippen LogP contribution in [0, 0.1) is 18.6 Å². The predicted molar refractivity (Wildman–Crippen MR) is 159 cm³/mol. The topological polar surface area (TPSA) is 137 Å². The molecule has 2 heterocycles. The molecule has 8 nitrogen and oxygen atoms in total. The maximum Gasteiger partial charge on any atom is 0.262 e. The summed E-state index contributed by atoms with van der Waals surface area (Å²) in [5.74, 6) is -2.17. The lowest BCUT2D eigenvalue weighted by molar-refractivity contribution is -0.124. The van der Waals surface area contributed by atoms with Gasteiger partial charge in [-0.1, -0.05) is 12.1 Å². The highest BCUT2D eigenvalue weighted by molar-refractivity contribution is 7.21. The summed E-state index contributed by atoms with van der Waals surface area (Å²) in [5, 5.41) is 3.74. The standard InChI is InChI=1S/C31H31F2N5O3S/c1-15-12-18(41-23-10-5-16(32)13-21(23)33)6-7-19(15)31(36)20-8-9-22(34)27-24(20)25(26(35)29(31)39)28(42-27)30(40)37-17-4-3-11-38(2)14-17/h5-10,12-13,17,26H,3-4,11,14,34-36H2,1-2H3,(H,37,40). The number of rotatable bonds is 5. The summed E-state index contributed by atoms with van der Waals surface area (Å²) in [4.78, 5) is 30.2. The number of halogens is 2. The Bertz CT molecular complexity index is 1760. The molecule has 1 amide bonds. The monoisotopic (exact) mass is 591 g/mol. The van der Waals surface area contributed by atoms with Crippen LogP contribution in [0.25, 0.3) is 10.1 Å². The van der Waals surface area contributed by atoms with E-state index in [-0.39, 0.29) is 23.4 Å². The number of ether oxygens (including phenoxy) is 1. The molecule has 3 aromatic carbocycles. The smallest absolute Gasteiger partial charge is 0.262 e. The van der Waals surface area contributed by atoms with Gasteiger partial charge < -0.3 is 32.2 Å². The Hall–Kier alpha value is -3.90. The van der Waals surface area contributed by atoms with Crippen molar-refractivity contribution in [3.05, 3.63) is 87.3 Å². The first-order chi connectivity index (χ1) is 20.0. The van der Waals surface area contributed by atoms with Crippen molar-refractivity contribution in [2.75, 3.05) is 25.9 Å².